The Labute approximate surface area is 213 Å². The lowest BCUT2D eigenvalue weighted by Crippen LogP contribution is -2.35. The van der Waals surface area contributed by atoms with Gasteiger partial charge in [0.25, 0.3) is 6.47 Å². The molecule has 0 atom stereocenters. The van der Waals surface area contributed by atoms with E-state index in [1.54, 1.807) is 12.4 Å². The van der Waals surface area contributed by atoms with Crippen LogP contribution in [0.1, 0.15) is 73.3 Å². The predicted molar refractivity (Wildman–Crippen MR) is 140 cm³/mol. The minimum atomic E-state index is -0.448. The summed E-state index contributed by atoms with van der Waals surface area (Å²) in [5.41, 5.74) is 0.142. The number of rotatable bonds is 10. The molecule has 194 valence electrons. The van der Waals surface area contributed by atoms with E-state index < -0.39 is 5.60 Å². The Morgan fingerprint density at radius 1 is 1.06 bits per heavy atom. The van der Waals surface area contributed by atoms with Crippen LogP contribution in [-0.4, -0.2) is 38.7 Å². The van der Waals surface area contributed by atoms with Crippen molar-refractivity contribution < 1.29 is 24.2 Å². The monoisotopic (exact) mass is 505 g/mol. The van der Waals surface area contributed by atoms with Gasteiger partial charge >= 0.3 is 5.97 Å². The number of carbonyl (C=O) groups excluding carboxylic acids is 1. The van der Waals surface area contributed by atoms with E-state index in [-0.39, 0.29) is 23.5 Å². The maximum absolute atomic E-state index is 12.1. The molecule has 0 aliphatic rings. The number of aromatic nitrogens is 2. The van der Waals surface area contributed by atoms with Crippen molar-refractivity contribution in [2.24, 2.45) is 5.41 Å². The Kier molecular flexibility index (Phi) is 11.5. The van der Waals surface area contributed by atoms with Crippen LogP contribution in [-0.2, 0) is 14.3 Å². The van der Waals surface area contributed by atoms with E-state index in [1.807, 2.05) is 52.0 Å². The van der Waals surface area contributed by atoms with E-state index in [0.717, 1.165) is 29.1 Å². The first-order chi connectivity index (χ1) is 16.1. The fraction of sp³-hybridized carbons (Fsp3) is 0.538. The fourth-order valence-electron chi connectivity index (χ4n) is 3.55. The molecule has 0 bridgehead atoms. The Hall–Kier alpha value is -2.81. The molecule has 0 saturated heterocycles. The molecule has 0 aliphatic carbocycles. The third kappa shape index (κ3) is 13.6. The molecule has 35 heavy (non-hydrogen) atoms. The van der Waals surface area contributed by atoms with Crippen molar-refractivity contribution in [1.29, 1.82) is 0 Å². The summed E-state index contributed by atoms with van der Waals surface area (Å²) >= 11 is 1.45. The van der Waals surface area contributed by atoms with Crippen LogP contribution in [0, 0.1) is 12.3 Å². The zero-order valence-electron chi connectivity index (χ0n) is 22.0. The van der Waals surface area contributed by atoms with E-state index in [4.69, 9.17) is 19.4 Å². The van der Waals surface area contributed by atoms with Crippen molar-refractivity contribution in [3.63, 3.8) is 0 Å². The highest BCUT2D eigenvalue weighted by molar-refractivity contribution is 8.00. The molecule has 1 heterocycles. The Morgan fingerprint density at radius 3 is 2.11 bits per heavy atom. The van der Waals surface area contributed by atoms with Gasteiger partial charge in [0.1, 0.15) is 17.0 Å². The molecule has 2 N–H and O–H groups in total. The lowest BCUT2D eigenvalue weighted by molar-refractivity contribution is -0.155. The van der Waals surface area contributed by atoms with Gasteiger partial charge in [-0.3, -0.25) is 14.3 Å². The SMILES string of the molecule is Cc1cnc(NSc2ccc(OC(C)(C)CC(C)(C)CCC(=O)OC(C)(C)C)cc2)nc1.O=CO. The Balaban J connectivity index is 0.00000194. The van der Waals surface area contributed by atoms with Crippen LogP contribution in [0.15, 0.2) is 41.6 Å². The van der Waals surface area contributed by atoms with Crippen LogP contribution in [0.25, 0.3) is 0 Å². The average molecular weight is 506 g/mol. The number of ether oxygens (including phenoxy) is 2. The summed E-state index contributed by atoms with van der Waals surface area (Å²) < 4.78 is 14.9. The van der Waals surface area contributed by atoms with Gasteiger partial charge in [-0.1, -0.05) is 13.8 Å². The molecule has 0 fully saturated rings. The molecule has 0 unspecified atom stereocenters. The van der Waals surface area contributed by atoms with Crippen LogP contribution in [0.4, 0.5) is 5.95 Å². The molecule has 8 nitrogen and oxygen atoms in total. The fourth-order valence-corrected chi connectivity index (χ4v) is 4.14. The highest BCUT2D eigenvalue weighted by Gasteiger charge is 2.31. The zero-order chi connectivity index (χ0) is 26.7. The average Bonchev–Trinajstić information content (AvgIpc) is 2.71. The van der Waals surface area contributed by atoms with Crippen molar-refractivity contribution in [2.45, 2.75) is 90.7 Å². The van der Waals surface area contributed by atoms with Crippen molar-refractivity contribution in [2.75, 3.05) is 4.72 Å². The molecule has 0 amide bonds. The van der Waals surface area contributed by atoms with Gasteiger partial charge in [0.2, 0.25) is 5.95 Å². The first-order valence-corrected chi connectivity index (χ1v) is 12.3. The summed E-state index contributed by atoms with van der Waals surface area (Å²) in [6.45, 7) is 15.9. The maximum atomic E-state index is 12.1. The third-order valence-corrected chi connectivity index (χ3v) is 5.38. The smallest absolute Gasteiger partial charge is 0.306 e. The van der Waals surface area contributed by atoms with Gasteiger partial charge in [0, 0.05) is 23.7 Å². The van der Waals surface area contributed by atoms with Crippen LogP contribution < -0.4 is 9.46 Å². The lowest BCUT2D eigenvalue weighted by atomic mass is 9.78. The van der Waals surface area contributed by atoms with E-state index in [0.29, 0.717) is 12.4 Å². The van der Waals surface area contributed by atoms with Crippen molar-refractivity contribution in [3.8, 4) is 5.75 Å². The second-order valence-electron chi connectivity index (χ2n) is 10.7. The molecule has 0 aliphatic heterocycles. The third-order valence-electron chi connectivity index (χ3n) is 4.59. The van der Waals surface area contributed by atoms with Crippen molar-refractivity contribution in [3.05, 3.63) is 42.2 Å². The first kappa shape index (κ1) is 30.2. The van der Waals surface area contributed by atoms with Gasteiger partial charge in [0.05, 0.1) is 0 Å². The molecule has 0 spiro atoms. The van der Waals surface area contributed by atoms with Gasteiger partial charge in [0.15, 0.2) is 0 Å². The lowest BCUT2D eigenvalue weighted by Gasteiger charge is -2.35. The van der Waals surface area contributed by atoms with E-state index >= 15 is 0 Å². The predicted octanol–water partition coefficient (Wildman–Crippen LogP) is 6.30. The number of aryl methyl sites for hydroxylation is 1. The molecule has 2 rings (SSSR count). The van der Waals surface area contributed by atoms with Gasteiger partial charge in [-0.15, -0.1) is 0 Å². The highest BCUT2D eigenvalue weighted by atomic mass is 32.2. The number of carboxylic acid groups (broad SMARTS) is 1. The topological polar surface area (TPSA) is 111 Å². The van der Waals surface area contributed by atoms with Crippen LogP contribution >= 0.6 is 11.9 Å². The molecule has 1 aromatic carbocycles. The number of anilines is 1. The van der Waals surface area contributed by atoms with Crippen LogP contribution in [0.2, 0.25) is 0 Å². The van der Waals surface area contributed by atoms with E-state index in [1.165, 1.54) is 11.9 Å². The number of carbonyl (C=O) groups is 2. The van der Waals surface area contributed by atoms with Gasteiger partial charge in [-0.2, -0.15) is 0 Å². The number of hydrogen-bond acceptors (Lipinski definition) is 8. The van der Waals surface area contributed by atoms with Crippen LogP contribution in [0.5, 0.6) is 5.75 Å². The largest absolute Gasteiger partial charge is 0.488 e. The second-order valence-corrected chi connectivity index (χ2v) is 11.5. The molecule has 9 heteroatoms. The summed E-state index contributed by atoms with van der Waals surface area (Å²) in [6, 6.07) is 7.95. The van der Waals surface area contributed by atoms with Crippen molar-refractivity contribution >= 4 is 30.3 Å². The molecular formula is C26H39N3O5S. The van der Waals surface area contributed by atoms with Crippen LogP contribution in [0.3, 0.4) is 0 Å². The standard InChI is InChI=1S/C25H37N3O3S.CH2O2/c1-18-15-26-22(27-16-18)28-32-20-11-9-19(10-12-20)30-25(7,8)17-24(5,6)14-13-21(29)31-23(2,3)4;2-1-3/h9-12,15-16H,13-14,17H2,1-8H3,(H,26,27,28);1H,(H,2,3). The van der Waals surface area contributed by atoms with E-state index in [9.17, 15) is 4.79 Å². The zero-order valence-corrected chi connectivity index (χ0v) is 22.9. The minimum absolute atomic E-state index is 0.0614. The number of nitrogens with zero attached hydrogens (tertiary/aromatic N) is 2. The summed E-state index contributed by atoms with van der Waals surface area (Å²) in [4.78, 5) is 30.0. The van der Waals surface area contributed by atoms with Gasteiger partial charge in [-0.05, 0) is 102 Å². The molecule has 2 aromatic rings. The minimum Gasteiger partial charge on any atom is -0.488 e. The summed E-state index contributed by atoms with van der Waals surface area (Å²) in [5, 5.41) is 6.89. The summed E-state index contributed by atoms with van der Waals surface area (Å²) in [5.74, 6) is 1.24. The second kappa shape index (κ2) is 13.3. The molecule has 0 saturated carbocycles. The maximum Gasteiger partial charge on any atom is 0.306 e. The van der Waals surface area contributed by atoms with Gasteiger partial charge < -0.3 is 14.6 Å². The summed E-state index contributed by atoms with van der Waals surface area (Å²) in [6.07, 6.45) is 5.53. The Morgan fingerprint density at radius 2 is 1.60 bits per heavy atom. The normalized spacial score (nSPS) is 11.7. The Bertz CT molecular complexity index is 923. The molecular weight excluding hydrogens is 466 g/mol. The molecule has 0 radical (unpaired) electrons. The number of benzene rings is 1. The quantitative estimate of drug-likeness (QED) is 0.218. The summed E-state index contributed by atoms with van der Waals surface area (Å²) in [7, 11) is 0. The van der Waals surface area contributed by atoms with E-state index in [2.05, 4.69) is 42.4 Å². The number of nitrogens with one attached hydrogen (secondary N) is 1. The highest BCUT2D eigenvalue weighted by Crippen LogP contribution is 2.35. The van der Waals surface area contributed by atoms with Gasteiger partial charge in [-0.25, -0.2) is 9.97 Å². The number of hydrogen-bond donors (Lipinski definition) is 2. The van der Waals surface area contributed by atoms with Crippen molar-refractivity contribution in [1.82, 2.24) is 9.97 Å². The molecule has 1 aromatic heterocycles. The first-order valence-electron chi connectivity index (χ1n) is 11.4. The number of esters is 1.